The molecule has 2 aromatic carbocycles. The van der Waals surface area contributed by atoms with Gasteiger partial charge in [-0.15, -0.1) is 5.10 Å². The molecule has 0 saturated carbocycles. The monoisotopic (exact) mass is 533 g/mol. The lowest BCUT2D eigenvalue weighted by atomic mass is 9.92. The zero-order valence-electron chi connectivity index (χ0n) is 20.7. The second kappa shape index (κ2) is 13.6. The molecule has 1 unspecified atom stereocenters. The van der Waals surface area contributed by atoms with E-state index in [1.54, 1.807) is 24.3 Å². The number of nitrogens with zero attached hydrogens (tertiary/aromatic N) is 2. The van der Waals surface area contributed by atoms with Crippen molar-refractivity contribution >= 4 is 23.7 Å². The Bertz CT molecular complexity index is 1120. The quantitative estimate of drug-likeness (QED) is 0.366. The summed E-state index contributed by atoms with van der Waals surface area (Å²) < 4.78 is 44.2. The van der Waals surface area contributed by atoms with Crippen LogP contribution in [0.2, 0.25) is 0 Å². The predicted octanol–water partition coefficient (Wildman–Crippen LogP) is 4.59. The SMILES string of the molecule is O=C(O)CCCCCNC(=O)C(CCC(F)(F)F)c1ccc(CN2N=C(c3ccccc3)OCC2=O)cc1. The number of ether oxygens (including phenoxy) is 1. The standard InChI is InChI=1S/C27H30F3N3O5/c28-27(29,30)15-14-22(25(37)31-16-6-2-5-9-24(35)36)20-12-10-19(11-13-20)17-33-23(34)18-38-26(32-33)21-7-3-1-4-8-21/h1,3-4,7-8,10-13,22H,2,5-6,9,14-18H2,(H,31,37)(H,35,36). The van der Waals surface area contributed by atoms with Gasteiger partial charge in [0.1, 0.15) is 0 Å². The highest BCUT2D eigenvalue weighted by atomic mass is 19.4. The van der Waals surface area contributed by atoms with Crippen LogP contribution in [0.5, 0.6) is 0 Å². The van der Waals surface area contributed by atoms with Crippen molar-refractivity contribution in [2.24, 2.45) is 5.10 Å². The minimum atomic E-state index is -4.40. The van der Waals surface area contributed by atoms with Crippen molar-refractivity contribution in [1.82, 2.24) is 10.3 Å². The van der Waals surface area contributed by atoms with Crippen molar-refractivity contribution in [2.45, 2.75) is 57.2 Å². The Balaban J connectivity index is 1.65. The number of halogens is 3. The smallest absolute Gasteiger partial charge is 0.389 e. The second-order valence-electron chi connectivity index (χ2n) is 8.95. The van der Waals surface area contributed by atoms with Gasteiger partial charge in [-0.25, -0.2) is 5.01 Å². The van der Waals surface area contributed by atoms with E-state index in [4.69, 9.17) is 9.84 Å². The highest BCUT2D eigenvalue weighted by Gasteiger charge is 2.31. The van der Waals surface area contributed by atoms with Crippen LogP contribution in [0, 0.1) is 0 Å². The number of carboxylic acids is 1. The molecule has 1 heterocycles. The summed E-state index contributed by atoms with van der Waals surface area (Å²) >= 11 is 0. The summed E-state index contributed by atoms with van der Waals surface area (Å²) in [5, 5.41) is 16.9. The maximum absolute atomic E-state index is 12.9. The molecule has 0 fully saturated rings. The van der Waals surface area contributed by atoms with Crippen molar-refractivity contribution in [1.29, 1.82) is 0 Å². The van der Waals surface area contributed by atoms with Crippen molar-refractivity contribution in [3.8, 4) is 0 Å². The average Bonchev–Trinajstić information content (AvgIpc) is 2.88. The normalized spacial score (nSPS) is 14.4. The minimum Gasteiger partial charge on any atom is -0.481 e. The Morgan fingerprint density at radius 1 is 1.05 bits per heavy atom. The molecule has 1 aliphatic rings. The summed E-state index contributed by atoms with van der Waals surface area (Å²) in [6.07, 6.45) is -4.30. The van der Waals surface area contributed by atoms with E-state index in [2.05, 4.69) is 10.4 Å². The van der Waals surface area contributed by atoms with E-state index < -0.39 is 36.8 Å². The molecular formula is C27H30F3N3O5. The molecule has 2 amide bonds. The minimum absolute atomic E-state index is 0.0312. The zero-order valence-corrected chi connectivity index (χ0v) is 20.7. The molecule has 0 bridgehead atoms. The number of nitrogens with one attached hydrogen (secondary N) is 1. The number of amides is 2. The number of benzene rings is 2. The molecule has 11 heteroatoms. The van der Waals surface area contributed by atoms with E-state index in [-0.39, 0.29) is 32.0 Å². The van der Waals surface area contributed by atoms with Gasteiger partial charge >= 0.3 is 12.1 Å². The third kappa shape index (κ3) is 9.20. The first-order valence-corrected chi connectivity index (χ1v) is 12.3. The van der Waals surface area contributed by atoms with Crippen molar-refractivity contribution in [3.63, 3.8) is 0 Å². The van der Waals surface area contributed by atoms with Gasteiger partial charge in [-0.3, -0.25) is 14.4 Å². The van der Waals surface area contributed by atoms with E-state index in [0.717, 1.165) is 5.56 Å². The Hall–Kier alpha value is -3.89. The summed E-state index contributed by atoms with van der Waals surface area (Å²) in [5.41, 5.74) is 1.84. The maximum Gasteiger partial charge on any atom is 0.389 e. The molecule has 204 valence electrons. The largest absolute Gasteiger partial charge is 0.481 e. The summed E-state index contributed by atoms with van der Waals surface area (Å²) in [4.78, 5) is 35.7. The zero-order chi connectivity index (χ0) is 27.5. The van der Waals surface area contributed by atoms with Crippen molar-refractivity contribution in [2.75, 3.05) is 13.2 Å². The summed E-state index contributed by atoms with van der Waals surface area (Å²) in [5.74, 6) is -2.43. The molecule has 0 aromatic heterocycles. The van der Waals surface area contributed by atoms with Gasteiger partial charge in [0.2, 0.25) is 11.8 Å². The van der Waals surface area contributed by atoms with Crippen LogP contribution in [0.3, 0.4) is 0 Å². The number of hydrogen-bond acceptors (Lipinski definition) is 5. The number of hydrazone groups is 1. The second-order valence-corrected chi connectivity index (χ2v) is 8.95. The van der Waals surface area contributed by atoms with Crippen LogP contribution >= 0.6 is 0 Å². The fourth-order valence-electron chi connectivity index (χ4n) is 3.94. The number of hydrogen-bond donors (Lipinski definition) is 2. The van der Waals surface area contributed by atoms with Crippen LogP contribution in [-0.2, 0) is 25.7 Å². The number of carbonyl (C=O) groups is 3. The average molecular weight is 534 g/mol. The van der Waals surface area contributed by atoms with Crippen LogP contribution in [0.4, 0.5) is 13.2 Å². The predicted molar refractivity (Wildman–Crippen MR) is 133 cm³/mol. The molecule has 0 aliphatic carbocycles. The highest BCUT2D eigenvalue weighted by molar-refractivity contribution is 5.97. The van der Waals surface area contributed by atoms with E-state index in [0.29, 0.717) is 36.3 Å². The Morgan fingerprint density at radius 3 is 2.42 bits per heavy atom. The molecule has 1 atom stereocenters. The van der Waals surface area contributed by atoms with Gasteiger partial charge in [-0.05, 0) is 42.5 Å². The molecule has 38 heavy (non-hydrogen) atoms. The topological polar surface area (TPSA) is 108 Å². The lowest BCUT2D eigenvalue weighted by Crippen LogP contribution is -2.36. The van der Waals surface area contributed by atoms with Gasteiger partial charge in [0, 0.05) is 24.9 Å². The fraction of sp³-hybridized carbons (Fsp3) is 0.407. The summed E-state index contributed by atoms with van der Waals surface area (Å²) in [6, 6.07) is 15.6. The van der Waals surface area contributed by atoms with E-state index in [1.807, 2.05) is 30.3 Å². The van der Waals surface area contributed by atoms with Gasteiger partial charge in [0.25, 0.3) is 5.91 Å². The molecule has 0 saturated heterocycles. The van der Waals surface area contributed by atoms with Gasteiger partial charge in [0.15, 0.2) is 6.61 Å². The first-order chi connectivity index (χ1) is 18.1. The van der Waals surface area contributed by atoms with Crippen molar-refractivity contribution < 1.29 is 37.4 Å². The maximum atomic E-state index is 12.9. The van der Waals surface area contributed by atoms with Crippen molar-refractivity contribution in [3.05, 3.63) is 71.3 Å². The molecule has 0 radical (unpaired) electrons. The van der Waals surface area contributed by atoms with Gasteiger partial charge in [0.05, 0.1) is 12.5 Å². The van der Waals surface area contributed by atoms with Crippen LogP contribution in [0.1, 0.15) is 61.1 Å². The van der Waals surface area contributed by atoms with Gasteiger partial charge in [-0.2, -0.15) is 13.2 Å². The molecule has 1 aliphatic heterocycles. The third-order valence-electron chi connectivity index (χ3n) is 5.97. The number of unbranched alkanes of at least 4 members (excludes halogenated alkanes) is 2. The van der Waals surface area contributed by atoms with Crippen LogP contribution in [-0.4, -0.2) is 53.1 Å². The number of alkyl halides is 3. The molecule has 3 rings (SSSR count). The van der Waals surface area contributed by atoms with Gasteiger partial charge < -0.3 is 15.2 Å². The lowest BCUT2D eigenvalue weighted by Gasteiger charge is -2.24. The Kier molecular flexibility index (Phi) is 10.3. The van der Waals surface area contributed by atoms with E-state index in [9.17, 15) is 27.6 Å². The third-order valence-corrected chi connectivity index (χ3v) is 5.97. The first kappa shape index (κ1) is 28.7. The Labute approximate surface area is 218 Å². The Morgan fingerprint density at radius 2 is 1.76 bits per heavy atom. The molecule has 0 spiro atoms. The van der Waals surface area contributed by atoms with Crippen LogP contribution in [0.15, 0.2) is 59.7 Å². The molecule has 2 N–H and O–H groups in total. The van der Waals surface area contributed by atoms with Crippen LogP contribution < -0.4 is 5.32 Å². The molecular weight excluding hydrogens is 503 g/mol. The lowest BCUT2D eigenvalue weighted by molar-refractivity contribution is -0.139. The summed E-state index contributed by atoms with van der Waals surface area (Å²) in [6.45, 7) is 0.219. The van der Waals surface area contributed by atoms with E-state index >= 15 is 0 Å². The summed E-state index contributed by atoms with van der Waals surface area (Å²) in [7, 11) is 0. The number of carboxylic acid groups (broad SMARTS) is 1. The fourth-order valence-corrected chi connectivity index (χ4v) is 3.94. The van der Waals surface area contributed by atoms with E-state index in [1.165, 1.54) is 5.01 Å². The van der Waals surface area contributed by atoms with Gasteiger partial charge in [-0.1, -0.05) is 48.9 Å². The number of aliphatic carboxylic acids is 1. The number of rotatable bonds is 13. The molecule has 2 aromatic rings. The first-order valence-electron chi connectivity index (χ1n) is 12.3. The van der Waals surface area contributed by atoms with Crippen LogP contribution in [0.25, 0.3) is 0 Å². The number of carbonyl (C=O) groups excluding carboxylic acids is 2. The molecule has 8 nitrogen and oxygen atoms in total. The highest BCUT2D eigenvalue weighted by Crippen LogP contribution is 2.30.